The van der Waals surface area contributed by atoms with Crippen LogP contribution in [0.3, 0.4) is 0 Å². The van der Waals surface area contributed by atoms with E-state index < -0.39 is 8.77 Å². The molecule has 0 N–H and O–H groups in total. The summed E-state index contributed by atoms with van der Waals surface area (Å²) in [6.07, 6.45) is 2.35. The highest BCUT2D eigenvalue weighted by Crippen LogP contribution is 2.00. The van der Waals surface area contributed by atoms with Gasteiger partial charge >= 0.3 is 0 Å². The molecule has 10 heavy (non-hydrogen) atoms. The molecule has 0 radical (unpaired) electrons. The van der Waals surface area contributed by atoms with Gasteiger partial charge in [-0.15, -0.1) is 0 Å². The molecule has 0 aromatic rings. The predicted octanol–water partition coefficient (Wildman–Crippen LogP) is 1.34. The summed E-state index contributed by atoms with van der Waals surface area (Å²) in [7, 11) is -2.39. The van der Waals surface area contributed by atoms with Gasteiger partial charge in [0.25, 0.3) is 0 Å². The first-order chi connectivity index (χ1) is 4.42. The monoisotopic (exact) mass is 182 g/mol. The molecule has 0 saturated heterocycles. The lowest BCUT2D eigenvalue weighted by Crippen LogP contribution is -2.04. The fraction of sp³-hybridized carbons (Fsp3) is 1.00. The van der Waals surface area contributed by atoms with Crippen molar-refractivity contribution < 1.29 is 8.39 Å². The Labute approximate surface area is 67.8 Å². The summed E-state index contributed by atoms with van der Waals surface area (Å²) in [5.41, 5.74) is 0. The Hall–Kier alpha value is 0.330. The van der Waals surface area contributed by atoms with Crippen molar-refractivity contribution in [1.82, 2.24) is 0 Å². The molecule has 0 aromatic carbocycles. The van der Waals surface area contributed by atoms with Crippen LogP contribution in [0.5, 0.6) is 0 Å². The van der Waals surface area contributed by atoms with Crippen molar-refractivity contribution in [1.29, 1.82) is 0 Å². The molecule has 4 heteroatoms. The van der Waals surface area contributed by atoms with Gasteiger partial charge in [-0.25, -0.2) is 4.21 Å². The summed E-state index contributed by atoms with van der Waals surface area (Å²) < 4.78 is 15.6. The number of hydrogen-bond donors (Lipinski definition) is 0. The van der Waals surface area contributed by atoms with Crippen molar-refractivity contribution in [3.05, 3.63) is 0 Å². The SMILES string of the molecule is CC(C)CCOS(C)(=O)=S. The molecule has 2 nitrogen and oxygen atoms in total. The van der Waals surface area contributed by atoms with Crippen molar-refractivity contribution in [2.75, 3.05) is 12.9 Å². The van der Waals surface area contributed by atoms with E-state index in [9.17, 15) is 4.21 Å². The van der Waals surface area contributed by atoms with E-state index in [4.69, 9.17) is 4.18 Å². The Morgan fingerprint density at radius 3 is 2.40 bits per heavy atom. The normalized spacial score (nSPS) is 17.2. The number of hydrogen-bond acceptors (Lipinski definition) is 3. The lowest BCUT2D eigenvalue weighted by molar-refractivity contribution is 0.316. The van der Waals surface area contributed by atoms with Crippen LogP contribution in [0, 0.1) is 5.92 Å². The molecule has 1 unspecified atom stereocenters. The minimum absolute atomic E-state index is 0.510. The smallest absolute Gasteiger partial charge is 0.141 e. The van der Waals surface area contributed by atoms with E-state index in [2.05, 4.69) is 25.0 Å². The summed E-state index contributed by atoms with van der Waals surface area (Å²) in [4.78, 5) is 0. The second-order valence-electron chi connectivity index (χ2n) is 2.71. The van der Waals surface area contributed by atoms with Gasteiger partial charge in [-0.05, 0) is 12.3 Å². The standard InChI is InChI=1S/C6H14O2S2/c1-6(2)4-5-8-10(3,7)9/h6H,4-5H2,1-3H3. The lowest BCUT2D eigenvalue weighted by atomic mass is 10.2. The van der Waals surface area contributed by atoms with Crippen LogP contribution in [0.25, 0.3) is 0 Å². The summed E-state index contributed by atoms with van der Waals surface area (Å²) in [5.74, 6) is 0.580. The molecular weight excluding hydrogens is 168 g/mol. The van der Waals surface area contributed by atoms with Crippen LogP contribution in [0.2, 0.25) is 0 Å². The topological polar surface area (TPSA) is 26.3 Å². The van der Waals surface area contributed by atoms with E-state index >= 15 is 0 Å². The van der Waals surface area contributed by atoms with Crippen molar-refractivity contribution in [3.63, 3.8) is 0 Å². The molecule has 62 valence electrons. The average molecular weight is 182 g/mol. The molecule has 0 aromatic heterocycles. The Morgan fingerprint density at radius 1 is 1.60 bits per heavy atom. The largest absolute Gasteiger partial charge is 0.290 e. The van der Waals surface area contributed by atoms with E-state index in [1.54, 1.807) is 0 Å². The van der Waals surface area contributed by atoms with Crippen molar-refractivity contribution >= 4 is 20.0 Å². The van der Waals surface area contributed by atoms with Gasteiger partial charge in [0.05, 0.1) is 6.61 Å². The number of rotatable bonds is 4. The van der Waals surface area contributed by atoms with Gasteiger partial charge in [-0.1, -0.05) is 13.8 Å². The molecule has 0 fully saturated rings. The van der Waals surface area contributed by atoms with Crippen molar-refractivity contribution in [3.8, 4) is 0 Å². The average Bonchev–Trinajstić information content (AvgIpc) is 1.59. The quantitative estimate of drug-likeness (QED) is 0.656. The van der Waals surface area contributed by atoms with Crippen LogP contribution in [-0.4, -0.2) is 17.1 Å². The first kappa shape index (κ1) is 10.3. The lowest BCUT2D eigenvalue weighted by Gasteiger charge is -2.04. The first-order valence-electron chi connectivity index (χ1n) is 3.26. The molecule has 0 heterocycles. The predicted molar refractivity (Wildman–Crippen MR) is 46.8 cm³/mol. The molecule has 0 rings (SSSR count). The van der Waals surface area contributed by atoms with E-state index in [1.165, 1.54) is 6.26 Å². The minimum Gasteiger partial charge on any atom is -0.290 e. The van der Waals surface area contributed by atoms with Crippen LogP contribution in [-0.2, 0) is 24.1 Å². The molecular formula is C6H14O2S2. The van der Waals surface area contributed by atoms with Gasteiger partial charge in [-0.3, -0.25) is 4.18 Å². The Morgan fingerprint density at radius 2 is 2.10 bits per heavy atom. The summed E-state index contributed by atoms with van der Waals surface area (Å²) in [6.45, 7) is 4.69. The second kappa shape index (κ2) is 4.26. The third kappa shape index (κ3) is 8.33. The van der Waals surface area contributed by atoms with Gasteiger partial charge in [0.2, 0.25) is 0 Å². The zero-order valence-corrected chi connectivity index (χ0v) is 8.26. The third-order valence-electron chi connectivity index (χ3n) is 0.993. The summed E-state index contributed by atoms with van der Waals surface area (Å²) in [6, 6.07) is 0. The fourth-order valence-electron chi connectivity index (χ4n) is 0.435. The Balaban J connectivity index is 3.39. The van der Waals surface area contributed by atoms with Crippen LogP contribution < -0.4 is 0 Å². The van der Waals surface area contributed by atoms with Gasteiger partial charge in [0, 0.05) is 17.4 Å². The van der Waals surface area contributed by atoms with E-state index in [0.717, 1.165) is 6.42 Å². The highest BCUT2D eigenvalue weighted by Gasteiger charge is 1.98. The maximum absolute atomic E-state index is 10.8. The van der Waals surface area contributed by atoms with Gasteiger partial charge < -0.3 is 0 Å². The zero-order chi connectivity index (χ0) is 8.20. The molecule has 1 atom stereocenters. The third-order valence-corrected chi connectivity index (χ3v) is 1.88. The summed E-state index contributed by atoms with van der Waals surface area (Å²) in [5, 5.41) is 0. The molecule has 0 aliphatic heterocycles. The molecule has 0 saturated carbocycles. The molecule has 0 bridgehead atoms. The highest BCUT2D eigenvalue weighted by atomic mass is 32.8. The van der Waals surface area contributed by atoms with E-state index in [-0.39, 0.29) is 0 Å². The first-order valence-corrected chi connectivity index (χ1v) is 6.08. The van der Waals surface area contributed by atoms with Crippen LogP contribution in [0.1, 0.15) is 20.3 Å². The van der Waals surface area contributed by atoms with Gasteiger partial charge in [0.1, 0.15) is 8.77 Å². The van der Waals surface area contributed by atoms with Crippen LogP contribution >= 0.6 is 0 Å². The highest BCUT2D eigenvalue weighted by molar-refractivity contribution is 8.29. The second-order valence-corrected chi connectivity index (χ2v) is 6.17. The van der Waals surface area contributed by atoms with E-state index in [0.29, 0.717) is 12.5 Å². The van der Waals surface area contributed by atoms with E-state index in [1.807, 2.05) is 0 Å². The fourth-order valence-corrected chi connectivity index (χ4v) is 1.04. The molecule has 0 aliphatic carbocycles. The van der Waals surface area contributed by atoms with Crippen LogP contribution in [0.4, 0.5) is 0 Å². The van der Waals surface area contributed by atoms with Crippen molar-refractivity contribution in [2.45, 2.75) is 20.3 Å². The van der Waals surface area contributed by atoms with Gasteiger partial charge in [-0.2, -0.15) is 0 Å². The zero-order valence-electron chi connectivity index (χ0n) is 6.62. The summed E-state index contributed by atoms with van der Waals surface area (Å²) >= 11 is 4.54. The maximum atomic E-state index is 10.8. The van der Waals surface area contributed by atoms with Crippen LogP contribution in [0.15, 0.2) is 0 Å². The van der Waals surface area contributed by atoms with Crippen molar-refractivity contribution in [2.24, 2.45) is 5.92 Å². The molecule has 0 aliphatic rings. The Kier molecular flexibility index (Phi) is 4.40. The maximum Gasteiger partial charge on any atom is 0.141 e. The van der Waals surface area contributed by atoms with Gasteiger partial charge in [0.15, 0.2) is 0 Å². The molecule has 0 spiro atoms. The minimum atomic E-state index is -2.39. The molecule has 0 amide bonds. The Bertz CT molecular complexity index is 170.